The Hall–Kier alpha value is -2.77. The maximum Gasteiger partial charge on any atom is 0.341 e. The van der Waals surface area contributed by atoms with Crippen LogP contribution in [-0.2, 0) is 0 Å². The van der Waals surface area contributed by atoms with Crippen molar-refractivity contribution in [3.05, 3.63) is 36.7 Å². The number of carbonyl (C=O) groups is 1. The Balaban J connectivity index is 1.73. The van der Waals surface area contributed by atoms with E-state index in [4.69, 9.17) is 0 Å². The smallest absolute Gasteiger partial charge is 0.341 e. The molecule has 0 radical (unpaired) electrons. The molecule has 0 aliphatic carbocycles. The summed E-state index contributed by atoms with van der Waals surface area (Å²) in [5.74, 6) is 0.288. The van der Waals surface area contributed by atoms with Gasteiger partial charge in [0.05, 0.1) is 6.20 Å². The zero-order chi connectivity index (χ0) is 14.7. The van der Waals surface area contributed by atoms with Gasteiger partial charge >= 0.3 is 5.97 Å². The third-order valence-electron chi connectivity index (χ3n) is 3.37. The van der Waals surface area contributed by atoms with Crippen molar-refractivity contribution in [2.24, 2.45) is 0 Å². The summed E-state index contributed by atoms with van der Waals surface area (Å²) < 4.78 is 0. The van der Waals surface area contributed by atoms with Crippen LogP contribution in [-0.4, -0.2) is 57.2 Å². The summed E-state index contributed by atoms with van der Waals surface area (Å²) >= 11 is 0. The number of anilines is 2. The second-order valence-electron chi connectivity index (χ2n) is 4.60. The van der Waals surface area contributed by atoms with Gasteiger partial charge in [-0.15, -0.1) is 0 Å². The van der Waals surface area contributed by atoms with Crippen LogP contribution in [0.25, 0.3) is 0 Å². The maximum absolute atomic E-state index is 11.2. The lowest BCUT2D eigenvalue weighted by molar-refractivity contribution is 0.0696. The van der Waals surface area contributed by atoms with Crippen LogP contribution in [0.2, 0.25) is 0 Å². The monoisotopic (exact) mass is 286 g/mol. The Kier molecular flexibility index (Phi) is 3.59. The first kappa shape index (κ1) is 13.2. The molecule has 0 spiro atoms. The standard InChI is InChI=1S/C13H14N6O2/c20-13(21)10-7-15-9-17-12(10)19-5-3-18(4-6-19)11-8-14-1-2-16-11/h1-2,7-9H,3-6H2,(H,20,21). The molecule has 1 aliphatic heterocycles. The fraction of sp³-hybridized carbons (Fsp3) is 0.308. The second-order valence-corrected chi connectivity index (χ2v) is 4.60. The number of hydrogen-bond donors (Lipinski definition) is 1. The molecule has 1 saturated heterocycles. The van der Waals surface area contributed by atoms with Crippen LogP contribution in [0.15, 0.2) is 31.1 Å². The highest BCUT2D eigenvalue weighted by Crippen LogP contribution is 2.19. The van der Waals surface area contributed by atoms with E-state index in [-0.39, 0.29) is 5.56 Å². The highest BCUT2D eigenvalue weighted by Gasteiger charge is 2.23. The van der Waals surface area contributed by atoms with Gasteiger partial charge in [-0.25, -0.2) is 19.7 Å². The average molecular weight is 286 g/mol. The summed E-state index contributed by atoms with van der Waals surface area (Å²) in [7, 11) is 0. The molecule has 0 atom stereocenters. The summed E-state index contributed by atoms with van der Waals surface area (Å²) in [4.78, 5) is 31.5. The number of carboxylic acid groups (broad SMARTS) is 1. The van der Waals surface area contributed by atoms with E-state index in [0.29, 0.717) is 18.9 Å². The van der Waals surface area contributed by atoms with E-state index in [2.05, 4.69) is 24.8 Å². The largest absolute Gasteiger partial charge is 0.477 e. The van der Waals surface area contributed by atoms with Crippen molar-refractivity contribution in [3.63, 3.8) is 0 Å². The van der Waals surface area contributed by atoms with E-state index in [0.717, 1.165) is 18.9 Å². The summed E-state index contributed by atoms with van der Waals surface area (Å²) in [5, 5.41) is 9.19. The van der Waals surface area contributed by atoms with E-state index in [9.17, 15) is 9.90 Å². The molecule has 2 aromatic rings. The molecule has 0 aromatic carbocycles. The molecule has 108 valence electrons. The number of carboxylic acids is 1. The Morgan fingerprint density at radius 3 is 2.43 bits per heavy atom. The Morgan fingerprint density at radius 1 is 1.00 bits per heavy atom. The fourth-order valence-electron chi connectivity index (χ4n) is 2.33. The number of piperazine rings is 1. The molecule has 1 N–H and O–H groups in total. The SMILES string of the molecule is O=C(O)c1cncnc1N1CCN(c2cnccn2)CC1. The van der Waals surface area contributed by atoms with Gasteiger partial charge in [-0.1, -0.05) is 0 Å². The first-order chi connectivity index (χ1) is 10.3. The van der Waals surface area contributed by atoms with E-state index in [1.807, 2.05) is 4.90 Å². The predicted octanol–water partition coefficient (Wildman–Crippen LogP) is 0.291. The topological polar surface area (TPSA) is 95.3 Å². The molecule has 0 bridgehead atoms. The van der Waals surface area contributed by atoms with Gasteiger partial charge < -0.3 is 14.9 Å². The van der Waals surface area contributed by atoms with Gasteiger partial charge in [0, 0.05) is 44.8 Å². The van der Waals surface area contributed by atoms with Crippen LogP contribution in [0.3, 0.4) is 0 Å². The zero-order valence-corrected chi connectivity index (χ0v) is 11.3. The van der Waals surface area contributed by atoms with Crippen LogP contribution >= 0.6 is 0 Å². The second kappa shape index (κ2) is 5.70. The Labute approximate surface area is 121 Å². The minimum absolute atomic E-state index is 0.130. The van der Waals surface area contributed by atoms with Crippen molar-refractivity contribution in [3.8, 4) is 0 Å². The third-order valence-corrected chi connectivity index (χ3v) is 3.37. The normalized spacial score (nSPS) is 15.0. The lowest BCUT2D eigenvalue weighted by atomic mass is 10.2. The van der Waals surface area contributed by atoms with Crippen molar-refractivity contribution in [2.45, 2.75) is 0 Å². The molecule has 0 saturated carbocycles. The van der Waals surface area contributed by atoms with Gasteiger partial charge in [0.1, 0.15) is 23.5 Å². The molecule has 8 nitrogen and oxygen atoms in total. The molecule has 1 fully saturated rings. The van der Waals surface area contributed by atoms with Crippen LogP contribution in [0, 0.1) is 0 Å². The van der Waals surface area contributed by atoms with Crippen LogP contribution in [0.5, 0.6) is 0 Å². The van der Waals surface area contributed by atoms with Crippen molar-refractivity contribution in [1.29, 1.82) is 0 Å². The van der Waals surface area contributed by atoms with E-state index >= 15 is 0 Å². The third kappa shape index (κ3) is 2.73. The van der Waals surface area contributed by atoms with Gasteiger partial charge in [-0.3, -0.25) is 4.98 Å². The predicted molar refractivity (Wildman–Crippen MR) is 75.4 cm³/mol. The van der Waals surface area contributed by atoms with Crippen LogP contribution < -0.4 is 9.80 Å². The number of nitrogens with zero attached hydrogens (tertiary/aromatic N) is 6. The minimum Gasteiger partial charge on any atom is -0.477 e. The lowest BCUT2D eigenvalue weighted by Gasteiger charge is -2.36. The number of hydrogen-bond acceptors (Lipinski definition) is 7. The van der Waals surface area contributed by atoms with Crippen molar-refractivity contribution in [2.75, 3.05) is 36.0 Å². The van der Waals surface area contributed by atoms with Crippen LogP contribution in [0.1, 0.15) is 10.4 Å². The number of aromatic nitrogens is 4. The molecular formula is C13H14N6O2. The molecule has 8 heteroatoms. The quantitative estimate of drug-likeness (QED) is 0.860. The minimum atomic E-state index is -1.01. The number of aromatic carboxylic acids is 1. The van der Waals surface area contributed by atoms with Gasteiger partial charge in [-0.2, -0.15) is 0 Å². The summed E-state index contributed by atoms with van der Waals surface area (Å²) in [5.41, 5.74) is 0.130. The molecule has 21 heavy (non-hydrogen) atoms. The highest BCUT2D eigenvalue weighted by molar-refractivity contribution is 5.92. The Bertz CT molecular complexity index is 628. The van der Waals surface area contributed by atoms with E-state index in [1.54, 1.807) is 18.6 Å². The van der Waals surface area contributed by atoms with Gasteiger partial charge in [0.15, 0.2) is 0 Å². The molecule has 0 unspecified atom stereocenters. The first-order valence-electron chi connectivity index (χ1n) is 6.55. The molecule has 1 aliphatic rings. The van der Waals surface area contributed by atoms with Crippen molar-refractivity contribution in [1.82, 2.24) is 19.9 Å². The zero-order valence-electron chi connectivity index (χ0n) is 11.3. The highest BCUT2D eigenvalue weighted by atomic mass is 16.4. The molecule has 3 rings (SSSR count). The Morgan fingerprint density at radius 2 is 1.76 bits per heavy atom. The lowest BCUT2D eigenvalue weighted by Crippen LogP contribution is -2.47. The van der Waals surface area contributed by atoms with Gasteiger partial charge in [-0.05, 0) is 0 Å². The summed E-state index contributed by atoms with van der Waals surface area (Å²) in [6.07, 6.45) is 7.73. The van der Waals surface area contributed by atoms with Crippen molar-refractivity contribution >= 4 is 17.6 Å². The van der Waals surface area contributed by atoms with Gasteiger partial charge in [0.25, 0.3) is 0 Å². The van der Waals surface area contributed by atoms with Crippen LogP contribution in [0.4, 0.5) is 11.6 Å². The fourth-order valence-corrected chi connectivity index (χ4v) is 2.33. The summed E-state index contributed by atoms with van der Waals surface area (Å²) in [6, 6.07) is 0. The van der Waals surface area contributed by atoms with E-state index in [1.165, 1.54) is 12.5 Å². The average Bonchev–Trinajstić information content (AvgIpc) is 2.56. The number of rotatable bonds is 3. The van der Waals surface area contributed by atoms with Gasteiger partial charge in [0.2, 0.25) is 0 Å². The first-order valence-corrected chi connectivity index (χ1v) is 6.55. The van der Waals surface area contributed by atoms with Crippen molar-refractivity contribution < 1.29 is 9.90 Å². The summed E-state index contributed by atoms with van der Waals surface area (Å²) in [6.45, 7) is 2.82. The molecule has 2 aromatic heterocycles. The molecular weight excluding hydrogens is 272 g/mol. The molecule has 0 amide bonds. The molecule has 3 heterocycles. The maximum atomic E-state index is 11.2. The van der Waals surface area contributed by atoms with E-state index < -0.39 is 5.97 Å².